The number of aromatic nitrogens is 2. The van der Waals surface area contributed by atoms with Crippen molar-refractivity contribution in [2.75, 3.05) is 0 Å². The summed E-state index contributed by atoms with van der Waals surface area (Å²) in [6, 6.07) is 33.8. The molecule has 1 amide bonds. The van der Waals surface area contributed by atoms with Gasteiger partial charge in [-0.2, -0.15) is 9.59 Å². The summed E-state index contributed by atoms with van der Waals surface area (Å²) in [6.45, 7) is 7.18. The minimum atomic E-state index is -0.312. The van der Waals surface area contributed by atoms with Crippen molar-refractivity contribution in [1.82, 2.24) is 14.9 Å². The van der Waals surface area contributed by atoms with Crippen LogP contribution in [0.1, 0.15) is 78.3 Å². The van der Waals surface area contributed by atoms with Gasteiger partial charge in [0.05, 0.1) is 16.6 Å². The van der Waals surface area contributed by atoms with Crippen molar-refractivity contribution >= 4 is 23.1 Å². The largest absolute Gasteiger partial charge is 0.373 e. The van der Waals surface area contributed by atoms with Crippen LogP contribution in [0.25, 0.3) is 22.2 Å². The molecule has 6 nitrogen and oxygen atoms in total. The van der Waals surface area contributed by atoms with E-state index in [1.807, 2.05) is 31.2 Å². The fourth-order valence-corrected chi connectivity index (χ4v) is 6.15. The van der Waals surface area contributed by atoms with Gasteiger partial charge in [-0.15, -0.1) is 0 Å². The Morgan fingerprint density at radius 3 is 2.23 bits per heavy atom. The van der Waals surface area contributed by atoms with E-state index < -0.39 is 0 Å². The van der Waals surface area contributed by atoms with Crippen LogP contribution in [0.5, 0.6) is 0 Å². The van der Waals surface area contributed by atoms with E-state index in [-0.39, 0.29) is 17.6 Å². The van der Waals surface area contributed by atoms with Crippen molar-refractivity contribution in [1.29, 1.82) is 0 Å². The molecule has 1 fully saturated rings. The van der Waals surface area contributed by atoms with Gasteiger partial charge in [0.15, 0.2) is 0 Å². The third-order valence-corrected chi connectivity index (χ3v) is 8.52. The molecule has 0 unspecified atom stereocenters. The SMILES string of the molecule is Cc1nc2ccc(C(=O)NC3(c4cccc(C(C)C)c4)CCCC3)cc2n1Cc1ccc(-c2ccccc2)cc1.O=C=O. The summed E-state index contributed by atoms with van der Waals surface area (Å²) >= 11 is 0. The van der Waals surface area contributed by atoms with E-state index in [0.29, 0.717) is 18.0 Å². The summed E-state index contributed by atoms with van der Waals surface area (Å²) < 4.78 is 2.21. The Balaban J connectivity index is 0.00000118. The van der Waals surface area contributed by atoms with Gasteiger partial charge < -0.3 is 9.88 Å². The fourth-order valence-electron chi connectivity index (χ4n) is 6.15. The molecule has 0 spiro atoms. The first-order valence-electron chi connectivity index (χ1n) is 14.9. The highest BCUT2D eigenvalue weighted by molar-refractivity contribution is 5.98. The van der Waals surface area contributed by atoms with Crippen LogP contribution in [0.2, 0.25) is 0 Å². The molecule has 0 aliphatic heterocycles. The molecule has 43 heavy (non-hydrogen) atoms. The molecular weight excluding hydrogens is 534 g/mol. The third-order valence-electron chi connectivity index (χ3n) is 8.52. The van der Waals surface area contributed by atoms with E-state index in [1.165, 1.54) is 27.8 Å². The van der Waals surface area contributed by atoms with Crippen LogP contribution in [0.3, 0.4) is 0 Å². The second-order valence-electron chi connectivity index (χ2n) is 11.6. The van der Waals surface area contributed by atoms with Gasteiger partial charge in [0.25, 0.3) is 5.91 Å². The van der Waals surface area contributed by atoms with Gasteiger partial charge in [-0.3, -0.25) is 4.79 Å². The molecule has 1 N–H and O–H groups in total. The maximum absolute atomic E-state index is 13.7. The highest BCUT2D eigenvalue weighted by Crippen LogP contribution is 2.40. The molecule has 1 saturated carbocycles. The highest BCUT2D eigenvalue weighted by atomic mass is 16.2. The molecule has 1 aliphatic carbocycles. The van der Waals surface area contributed by atoms with Gasteiger partial charge in [-0.1, -0.05) is 106 Å². The number of aryl methyl sites for hydroxylation is 1. The Kier molecular flexibility index (Phi) is 8.98. The molecule has 6 heteroatoms. The molecule has 6 rings (SSSR count). The minimum absolute atomic E-state index is 0.0173. The van der Waals surface area contributed by atoms with Crippen LogP contribution >= 0.6 is 0 Å². The summed E-state index contributed by atoms with van der Waals surface area (Å²) in [5, 5.41) is 3.48. The second-order valence-corrected chi connectivity index (χ2v) is 11.6. The van der Waals surface area contributed by atoms with E-state index in [2.05, 4.69) is 96.5 Å². The zero-order valence-corrected chi connectivity index (χ0v) is 25.0. The Labute approximate surface area is 252 Å². The molecule has 4 aromatic carbocycles. The maximum atomic E-state index is 13.7. The van der Waals surface area contributed by atoms with Crippen molar-refractivity contribution in [3.05, 3.63) is 125 Å². The summed E-state index contributed by atoms with van der Waals surface area (Å²) in [5.41, 5.74) is 8.43. The Morgan fingerprint density at radius 2 is 1.56 bits per heavy atom. The Bertz CT molecular complexity index is 1740. The van der Waals surface area contributed by atoms with E-state index in [1.54, 1.807) is 0 Å². The van der Waals surface area contributed by atoms with Gasteiger partial charge in [-0.25, -0.2) is 4.98 Å². The van der Waals surface area contributed by atoms with Crippen molar-refractivity contribution in [3.63, 3.8) is 0 Å². The summed E-state index contributed by atoms with van der Waals surface area (Å²) in [5.74, 6) is 1.38. The van der Waals surface area contributed by atoms with Gasteiger partial charge in [0, 0.05) is 12.1 Å². The zero-order valence-electron chi connectivity index (χ0n) is 25.0. The monoisotopic (exact) mass is 571 g/mol. The lowest BCUT2D eigenvalue weighted by molar-refractivity contribution is -0.191. The summed E-state index contributed by atoms with van der Waals surface area (Å²) in [7, 11) is 0. The van der Waals surface area contributed by atoms with Crippen LogP contribution in [-0.4, -0.2) is 21.6 Å². The molecule has 1 heterocycles. The lowest BCUT2D eigenvalue weighted by Gasteiger charge is -2.32. The topological polar surface area (TPSA) is 81.1 Å². The molecule has 218 valence electrons. The summed E-state index contributed by atoms with van der Waals surface area (Å²) in [6.07, 6.45) is 4.44. The first kappa shape index (κ1) is 29.7. The van der Waals surface area contributed by atoms with Gasteiger partial charge in [0.1, 0.15) is 5.82 Å². The molecule has 0 saturated heterocycles. The highest BCUT2D eigenvalue weighted by Gasteiger charge is 2.37. The third kappa shape index (κ3) is 6.50. The number of fused-ring (bicyclic) bond motifs is 1. The minimum Gasteiger partial charge on any atom is -0.343 e. The lowest BCUT2D eigenvalue weighted by Crippen LogP contribution is -2.43. The molecule has 0 atom stereocenters. The number of rotatable bonds is 7. The Morgan fingerprint density at radius 1 is 0.884 bits per heavy atom. The number of hydrogen-bond donors (Lipinski definition) is 1. The molecule has 0 radical (unpaired) electrons. The van der Waals surface area contributed by atoms with Crippen LogP contribution in [0.15, 0.2) is 97.1 Å². The number of nitrogens with one attached hydrogen (secondary N) is 1. The number of carbonyl (C=O) groups is 1. The average molecular weight is 572 g/mol. The number of imidazole rings is 1. The molecular formula is C37H37N3O3. The Hall–Kier alpha value is -4.80. The van der Waals surface area contributed by atoms with Gasteiger partial charge >= 0.3 is 6.15 Å². The molecule has 1 aromatic heterocycles. The first-order valence-corrected chi connectivity index (χ1v) is 14.9. The molecule has 0 bridgehead atoms. The maximum Gasteiger partial charge on any atom is 0.373 e. The predicted octanol–water partition coefficient (Wildman–Crippen LogP) is 7.80. The van der Waals surface area contributed by atoms with Gasteiger partial charge in [0.2, 0.25) is 0 Å². The quantitative estimate of drug-likeness (QED) is 0.216. The number of amides is 1. The van der Waals surface area contributed by atoms with Crippen LogP contribution in [0.4, 0.5) is 0 Å². The van der Waals surface area contributed by atoms with Crippen LogP contribution < -0.4 is 5.32 Å². The van der Waals surface area contributed by atoms with Crippen molar-refractivity contribution in [2.24, 2.45) is 0 Å². The standard InChI is InChI=1S/C36H37N3O.CO2/c1-25(2)30-12-9-13-32(22-30)36(20-7-8-21-36)38-35(40)31-18-19-33-34(23-31)39(26(3)37-33)24-27-14-16-29(17-15-27)28-10-5-4-6-11-28;2-1-3/h4-6,9-19,22-23,25H,7-8,20-21,24H2,1-3H3,(H,38,40);. The smallest absolute Gasteiger partial charge is 0.343 e. The first-order chi connectivity index (χ1) is 20.8. The van der Waals surface area contributed by atoms with Crippen molar-refractivity contribution < 1.29 is 14.4 Å². The van der Waals surface area contributed by atoms with Crippen LogP contribution in [0, 0.1) is 6.92 Å². The number of carbonyl (C=O) groups excluding carboxylic acids is 3. The predicted molar refractivity (Wildman–Crippen MR) is 169 cm³/mol. The zero-order chi connectivity index (χ0) is 30.4. The fraction of sp³-hybridized carbons (Fsp3) is 0.270. The molecule has 1 aliphatic rings. The van der Waals surface area contributed by atoms with E-state index in [0.717, 1.165) is 42.5 Å². The number of hydrogen-bond acceptors (Lipinski definition) is 4. The van der Waals surface area contributed by atoms with E-state index in [9.17, 15) is 4.79 Å². The molecule has 5 aromatic rings. The number of nitrogens with zero attached hydrogens (tertiary/aromatic N) is 2. The normalized spacial score (nSPS) is 13.8. The van der Waals surface area contributed by atoms with Crippen molar-refractivity contribution in [2.45, 2.75) is 64.5 Å². The summed E-state index contributed by atoms with van der Waals surface area (Å²) in [4.78, 5) is 34.8. The van der Waals surface area contributed by atoms with Gasteiger partial charge in [-0.05, 0) is 71.7 Å². The van der Waals surface area contributed by atoms with Crippen LogP contribution in [-0.2, 0) is 21.7 Å². The number of benzene rings is 4. The van der Waals surface area contributed by atoms with E-state index >= 15 is 0 Å². The van der Waals surface area contributed by atoms with Crippen molar-refractivity contribution in [3.8, 4) is 11.1 Å². The average Bonchev–Trinajstić information content (AvgIpc) is 3.62. The second kappa shape index (κ2) is 13.0. The van der Waals surface area contributed by atoms with E-state index in [4.69, 9.17) is 14.6 Å². The lowest BCUT2D eigenvalue weighted by atomic mass is 9.85.